The van der Waals surface area contributed by atoms with Gasteiger partial charge in [-0.2, -0.15) is 0 Å². The van der Waals surface area contributed by atoms with Crippen LogP contribution in [0.15, 0.2) is 64.8 Å². The van der Waals surface area contributed by atoms with Gasteiger partial charge in [0, 0.05) is 35.9 Å². The van der Waals surface area contributed by atoms with E-state index in [1.165, 1.54) is 23.9 Å². The second-order valence-corrected chi connectivity index (χ2v) is 7.38. The van der Waals surface area contributed by atoms with Crippen molar-refractivity contribution in [3.63, 3.8) is 0 Å². The van der Waals surface area contributed by atoms with Crippen LogP contribution in [0.5, 0.6) is 0 Å². The number of rotatable bonds is 6. The highest BCUT2D eigenvalue weighted by atomic mass is 32.1. The predicted molar refractivity (Wildman–Crippen MR) is 108 cm³/mol. The first-order valence-corrected chi connectivity index (χ1v) is 9.44. The Balaban J connectivity index is 1.65. The number of aliphatic hydroxyl groups is 1. The van der Waals surface area contributed by atoms with Crippen molar-refractivity contribution in [1.82, 2.24) is 5.32 Å². The van der Waals surface area contributed by atoms with Crippen LogP contribution in [-0.4, -0.2) is 37.6 Å². The van der Waals surface area contributed by atoms with Crippen molar-refractivity contribution >= 4 is 34.5 Å². The first-order valence-electron chi connectivity index (χ1n) is 8.56. The SMILES string of the molecule is CN(C)c1ccc(NC(=O)C(=O)NCC(O)(c2ccoc2)c2cccs2)cc1. The van der Waals surface area contributed by atoms with Crippen LogP contribution in [0.25, 0.3) is 0 Å². The Morgan fingerprint density at radius 2 is 1.89 bits per heavy atom. The van der Waals surface area contributed by atoms with E-state index in [0.29, 0.717) is 16.1 Å². The van der Waals surface area contributed by atoms with Crippen LogP contribution in [0.4, 0.5) is 11.4 Å². The lowest BCUT2D eigenvalue weighted by Crippen LogP contribution is -2.44. The lowest BCUT2D eigenvalue weighted by Gasteiger charge is -2.26. The van der Waals surface area contributed by atoms with Crippen molar-refractivity contribution in [3.8, 4) is 0 Å². The van der Waals surface area contributed by atoms with Gasteiger partial charge in [0.2, 0.25) is 0 Å². The Morgan fingerprint density at radius 3 is 2.46 bits per heavy atom. The van der Waals surface area contributed by atoms with Gasteiger partial charge in [0.1, 0.15) is 5.60 Å². The summed E-state index contributed by atoms with van der Waals surface area (Å²) in [5.41, 5.74) is 0.498. The number of carbonyl (C=O) groups is 2. The molecule has 28 heavy (non-hydrogen) atoms. The second-order valence-electron chi connectivity index (χ2n) is 6.43. The quantitative estimate of drug-likeness (QED) is 0.554. The fourth-order valence-electron chi connectivity index (χ4n) is 2.66. The second kappa shape index (κ2) is 8.28. The molecule has 2 aromatic heterocycles. The highest BCUT2D eigenvalue weighted by Gasteiger charge is 2.35. The number of anilines is 2. The normalized spacial score (nSPS) is 12.8. The highest BCUT2D eigenvalue weighted by Crippen LogP contribution is 2.32. The van der Waals surface area contributed by atoms with Gasteiger partial charge in [0.15, 0.2) is 0 Å². The number of thiophene rings is 1. The topological polar surface area (TPSA) is 94.8 Å². The zero-order chi connectivity index (χ0) is 20.1. The average Bonchev–Trinajstić information content (AvgIpc) is 3.40. The molecule has 0 fully saturated rings. The molecule has 8 heteroatoms. The fraction of sp³-hybridized carbons (Fsp3) is 0.200. The van der Waals surface area contributed by atoms with Gasteiger partial charge >= 0.3 is 11.8 Å². The molecular weight excluding hydrogens is 378 g/mol. The highest BCUT2D eigenvalue weighted by molar-refractivity contribution is 7.10. The molecule has 1 atom stereocenters. The minimum absolute atomic E-state index is 0.168. The summed E-state index contributed by atoms with van der Waals surface area (Å²) in [6.07, 6.45) is 2.86. The first kappa shape index (κ1) is 19.7. The predicted octanol–water partition coefficient (Wildman–Crippen LogP) is 2.40. The summed E-state index contributed by atoms with van der Waals surface area (Å²) in [6, 6.07) is 12.3. The van der Waals surface area contributed by atoms with Crippen molar-refractivity contribution < 1.29 is 19.1 Å². The maximum atomic E-state index is 12.2. The van der Waals surface area contributed by atoms with Gasteiger partial charge in [-0.05, 0) is 41.8 Å². The fourth-order valence-corrected chi connectivity index (χ4v) is 3.51. The Morgan fingerprint density at radius 1 is 1.14 bits per heavy atom. The van der Waals surface area contributed by atoms with E-state index < -0.39 is 17.4 Å². The summed E-state index contributed by atoms with van der Waals surface area (Å²) in [5, 5.41) is 18.0. The zero-order valence-corrected chi connectivity index (χ0v) is 16.3. The van der Waals surface area contributed by atoms with Crippen LogP contribution in [0.2, 0.25) is 0 Å². The monoisotopic (exact) mass is 399 g/mol. The van der Waals surface area contributed by atoms with Crippen molar-refractivity contribution in [2.24, 2.45) is 0 Å². The lowest BCUT2D eigenvalue weighted by molar-refractivity contribution is -0.136. The molecule has 3 aromatic rings. The molecule has 0 saturated heterocycles. The number of hydrogen-bond donors (Lipinski definition) is 3. The summed E-state index contributed by atoms with van der Waals surface area (Å²) >= 11 is 1.35. The van der Waals surface area contributed by atoms with E-state index >= 15 is 0 Å². The van der Waals surface area contributed by atoms with Crippen LogP contribution in [0.1, 0.15) is 10.4 Å². The third kappa shape index (κ3) is 4.24. The molecule has 0 aliphatic heterocycles. The van der Waals surface area contributed by atoms with Crippen LogP contribution < -0.4 is 15.5 Å². The molecule has 1 aromatic carbocycles. The summed E-state index contributed by atoms with van der Waals surface area (Å²) in [6.45, 7) is -0.168. The van der Waals surface area contributed by atoms with E-state index in [9.17, 15) is 14.7 Å². The zero-order valence-electron chi connectivity index (χ0n) is 15.5. The number of benzene rings is 1. The van der Waals surface area contributed by atoms with E-state index in [1.54, 1.807) is 30.3 Å². The first-order chi connectivity index (χ1) is 13.4. The van der Waals surface area contributed by atoms with Crippen molar-refractivity contribution in [2.45, 2.75) is 5.60 Å². The van der Waals surface area contributed by atoms with Gasteiger partial charge in [-0.3, -0.25) is 9.59 Å². The number of amides is 2. The number of carbonyl (C=O) groups excluding carboxylic acids is 2. The van der Waals surface area contributed by atoms with Crippen molar-refractivity contribution in [3.05, 3.63) is 70.8 Å². The van der Waals surface area contributed by atoms with Gasteiger partial charge in [0.25, 0.3) is 0 Å². The molecule has 3 rings (SSSR count). The molecule has 2 amide bonds. The molecule has 1 unspecified atom stereocenters. The summed E-state index contributed by atoms with van der Waals surface area (Å²) in [4.78, 5) is 27.0. The Bertz CT molecular complexity index is 885. The largest absolute Gasteiger partial charge is 0.472 e. The van der Waals surface area contributed by atoms with Gasteiger partial charge in [-0.15, -0.1) is 11.3 Å². The smallest absolute Gasteiger partial charge is 0.313 e. The maximum Gasteiger partial charge on any atom is 0.313 e. The van der Waals surface area contributed by atoms with E-state index in [0.717, 1.165) is 5.69 Å². The maximum absolute atomic E-state index is 12.2. The molecule has 0 aliphatic rings. The Hall–Kier alpha value is -3.10. The third-order valence-electron chi connectivity index (χ3n) is 4.28. The summed E-state index contributed by atoms with van der Waals surface area (Å²) < 4.78 is 5.07. The summed E-state index contributed by atoms with van der Waals surface area (Å²) in [5.74, 6) is -1.64. The van der Waals surface area contributed by atoms with Crippen molar-refractivity contribution in [2.75, 3.05) is 30.9 Å². The molecule has 0 radical (unpaired) electrons. The molecule has 0 spiro atoms. The number of hydrogen-bond acceptors (Lipinski definition) is 6. The number of nitrogens with one attached hydrogen (secondary N) is 2. The standard InChI is InChI=1S/C20H21N3O4S/c1-23(2)16-7-5-15(6-8-16)22-19(25)18(24)21-13-20(26,14-9-10-27-12-14)17-4-3-11-28-17/h3-12,26H,13H2,1-2H3,(H,21,24)(H,22,25). The van der Waals surface area contributed by atoms with Gasteiger partial charge in [0.05, 0.1) is 19.1 Å². The molecule has 0 bridgehead atoms. The minimum atomic E-state index is -1.48. The lowest BCUT2D eigenvalue weighted by atomic mass is 9.94. The Kier molecular flexibility index (Phi) is 5.81. The van der Waals surface area contributed by atoms with Crippen LogP contribution in [0.3, 0.4) is 0 Å². The van der Waals surface area contributed by atoms with E-state index in [-0.39, 0.29) is 6.54 Å². The van der Waals surface area contributed by atoms with E-state index in [1.807, 2.05) is 36.5 Å². The average molecular weight is 399 g/mol. The summed E-state index contributed by atoms with van der Waals surface area (Å²) in [7, 11) is 3.82. The molecule has 7 nitrogen and oxygen atoms in total. The molecule has 3 N–H and O–H groups in total. The molecule has 2 heterocycles. The van der Waals surface area contributed by atoms with E-state index in [4.69, 9.17) is 4.42 Å². The molecule has 146 valence electrons. The van der Waals surface area contributed by atoms with Crippen LogP contribution in [0, 0.1) is 0 Å². The number of nitrogens with zero attached hydrogens (tertiary/aromatic N) is 1. The van der Waals surface area contributed by atoms with Gasteiger partial charge in [-0.1, -0.05) is 6.07 Å². The molecule has 0 saturated carbocycles. The molecule has 0 aliphatic carbocycles. The van der Waals surface area contributed by atoms with E-state index in [2.05, 4.69) is 10.6 Å². The molecular formula is C20H21N3O4S. The van der Waals surface area contributed by atoms with Gasteiger partial charge in [-0.25, -0.2) is 0 Å². The van der Waals surface area contributed by atoms with Gasteiger partial charge < -0.3 is 25.1 Å². The number of furan rings is 1. The Labute approximate surface area is 166 Å². The van der Waals surface area contributed by atoms with Crippen molar-refractivity contribution in [1.29, 1.82) is 0 Å². The van der Waals surface area contributed by atoms with Crippen LogP contribution >= 0.6 is 11.3 Å². The van der Waals surface area contributed by atoms with Crippen LogP contribution in [-0.2, 0) is 15.2 Å². The third-order valence-corrected chi connectivity index (χ3v) is 5.30. The minimum Gasteiger partial charge on any atom is -0.472 e.